The van der Waals surface area contributed by atoms with Crippen molar-refractivity contribution in [1.29, 1.82) is 0 Å². The third kappa shape index (κ3) is 3.29. The van der Waals surface area contributed by atoms with Crippen molar-refractivity contribution < 1.29 is 14.9 Å². The van der Waals surface area contributed by atoms with E-state index in [1.54, 1.807) is 0 Å². The molecule has 0 aliphatic rings. The normalized spacial score (nSPS) is 12.9. The summed E-state index contributed by atoms with van der Waals surface area (Å²) in [6.07, 6.45) is -0.0431. The highest BCUT2D eigenvalue weighted by atomic mass is 16.6. The third-order valence-electron chi connectivity index (χ3n) is 0.409. The first-order valence-corrected chi connectivity index (χ1v) is 1.86. The molecule has 7 heavy (non-hydrogen) atoms. The summed E-state index contributed by atoms with van der Waals surface area (Å²) in [7, 11) is 0. The first kappa shape index (κ1) is 6.46. The van der Waals surface area contributed by atoms with Gasteiger partial charge in [0.25, 0.3) is 0 Å². The Bertz CT molecular complexity index is 52.9. The van der Waals surface area contributed by atoms with Crippen LogP contribution in [0.5, 0.6) is 0 Å². The van der Waals surface area contributed by atoms with Gasteiger partial charge in [0.15, 0.2) is 0 Å². The largest absolute Gasteiger partial charge is 0.471 e. The second-order valence-corrected chi connectivity index (χ2v) is 0.940. The van der Waals surface area contributed by atoms with Gasteiger partial charge in [-0.2, -0.15) is 0 Å². The van der Waals surface area contributed by atoms with Crippen molar-refractivity contribution in [2.24, 2.45) is 0 Å². The van der Waals surface area contributed by atoms with E-state index in [9.17, 15) is 0 Å². The number of hydrogen-bond donors (Lipinski definition) is 2. The molecule has 0 bridgehead atoms. The van der Waals surface area contributed by atoms with Gasteiger partial charge in [0, 0.05) is 0 Å². The molecule has 0 amide bonds. The smallest absolute Gasteiger partial charge is 0.219 e. The van der Waals surface area contributed by atoms with Crippen molar-refractivity contribution in [1.82, 2.24) is 0 Å². The molecule has 3 nitrogen and oxygen atoms in total. The summed E-state index contributed by atoms with van der Waals surface area (Å²) in [5, 5.41) is 16.4. The molecule has 1 atom stereocenters. The molecule has 0 saturated heterocycles. The van der Waals surface area contributed by atoms with Crippen LogP contribution in [0.15, 0.2) is 12.8 Å². The van der Waals surface area contributed by atoms with Crippen molar-refractivity contribution in [3.05, 3.63) is 12.8 Å². The van der Waals surface area contributed by atoms with Crippen LogP contribution in [0, 0.1) is 0 Å². The molecule has 0 spiro atoms. The van der Waals surface area contributed by atoms with Crippen LogP contribution in [0.2, 0.25) is 0 Å². The van der Waals surface area contributed by atoms with E-state index in [4.69, 9.17) is 10.2 Å². The molecule has 0 radical (unpaired) electrons. The molecule has 0 aliphatic carbocycles. The monoisotopic (exact) mass is 104 g/mol. The Kier molecular flexibility index (Phi) is 3.36. The molecule has 3 heteroatoms. The number of hydrogen-bond acceptors (Lipinski definition) is 3. The summed E-state index contributed by atoms with van der Waals surface area (Å²) in [6, 6.07) is 0. The molecular weight excluding hydrogens is 96.0 g/mol. The molecule has 0 aliphatic heterocycles. The Morgan fingerprint density at radius 3 is 2.57 bits per heavy atom. The highest BCUT2D eigenvalue weighted by molar-refractivity contribution is 4.49. The Morgan fingerprint density at radius 2 is 2.43 bits per heavy atom. The average Bonchev–Trinajstić information content (AvgIpc) is 1.68. The zero-order valence-electron chi connectivity index (χ0n) is 3.87. The highest BCUT2D eigenvalue weighted by Gasteiger charge is 1.94. The molecular formula is C4H8O3. The lowest BCUT2D eigenvalue weighted by Crippen LogP contribution is -2.12. The van der Waals surface area contributed by atoms with Gasteiger partial charge >= 0.3 is 0 Å². The van der Waals surface area contributed by atoms with E-state index < -0.39 is 12.9 Å². The van der Waals surface area contributed by atoms with Gasteiger partial charge in [-0.15, -0.1) is 0 Å². The molecule has 0 aromatic carbocycles. The van der Waals surface area contributed by atoms with Crippen LogP contribution in [-0.4, -0.2) is 23.1 Å². The van der Waals surface area contributed by atoms with Gasteiger partial charge in [-0.05, 0) is 0 Å². The first-order valence-electron chi connectivity index (χ1n) is 1.86. The number of aliphatic hydroxyl groups excluding tert-OH is 2. The number of rotatable bonds is 3. The molecule has 0 fully saturated rings. The average molecular weight is 104 g/mol. The number of aliphatic hydroxyl groups is 2. The van der Waals surface area contributed by atoms with Gasteiger partial charge < -0.3 is 14.9 Å². The lowest BCUT2D eigenvalue weighted by Gasteiger charge is -2.02. The standard InChI is InChI=1S/C4H8O3/c1-2-7-4(6)3-5/h2,4-6H,1,3H2. The summed E-state index contributed by atoms with van der Waals surface area (Å²) in [5.74, 6) is 0. The van der Waals surface area contributed by atoms with Crippen molar-refractivity contribution in [2.45, 2.75) is 6.29 Å². The summed E-state index contributed by atoms with van der Waals surface area (Å²) in [6.45, 7) is 2.76. The maximum Gasteiger partial charge on any atom is 0.219 e. The fourth-order valence-corrected chi connectivity index (χ4v) is 0.154. The molecule has 0 saturated carbocycles. The van der Waals surface area contributed by atoms with Gasteiger partial charge in [-0.25, -0.2) is 0 Å². The highest BCUT2D eigenvalue weighted by Crippen LogP contribution is 1.81. The molecule has 2 N–H and O–H groups in total. The lowest BCUT2D eigenvalue weighted by atomic mass is 10.7. The Labute approximate surface area is 41.8 Å². The summed E-state index contributed by atoms with van der Waals surface area (Å²) in [4.78, 5) is 0. The molecule has 0 aromatic heterocycles. The first-order chi connectivity index (χ1) is 3.31. The van der Waals surface area contributed by atoms with E-state index in [0.717, 1.165) is 6.26 Å². The van der Waals surface area contributed by atoms with E-state index >= 15 is 0 Å². The fraction of sp³-hybridized carbons (Fsp3) is 0.500. The van der Waals surface area contributed by atoms with Gasteiger partial charge in [-0.1, -0.05) is 6.58 Å². The maximum absolute atomic E-state index is 8.31. The van der Waals surface area contributed by atoms with E-state index in [1.165, 1.54) is 0 Å². The predicted molar refractivity (Wildman–Crippen MR) is 24.4 cm³/mol. The Morgan fingerprint density at radius 1 is 1.86 bits per heavy atom. The van der Waals surface area contributed by atoms with E-state index in [2.05, 4.69) is 11.3 Å². The molecule has 0 heterocycles. The summed E-state index contributed by atoms with van der Waals surface area (Å²) >= 11 is 0. The van der Waals surface area contributed by atoms with Crippen molar-refractivity contribution in [3.63, 3.8) is 0 Å². The van der Waals surface area contributed by atoms with Crippen LogP contribution in [0.25, 0.3) is 0 Å². The van der Waals surface area contributed by atoms with Crippen LogP contribution in [0.1, 0.15) is 0 Å². The van der Waals surface area contributed by atoms with Gasteiger partial charge in [0.05, 0.1) is 6.26 Å². The maximum atomic E-state index is 8.31. The number of ether oxygens (including phenoxy) is 1. The SMILES string of the molecule is C=COC(O)CO. The third-order valence-corrected chi connectivity index (χ3v) is 0.409. The molecule has 0 aromatic rings. The van der Waals surface area contributed by atoms with Crippen LogP contribution < -0.4 is 0 Å². The van der Waals surface area contributed by atoms with Crippen molar-refractivity contribution >= 4 is 0 Å². The van der Waals surface area contributed by atoms with E-state index in [-0.39, 0.29) is 0 Å². The van der Waals surface area contributed by atoms with E-state index in [0.29, 0.717) is 0 Å². The van der Waals surface area contributed by atoms with Gasteiger partial charge in [0.1, 0.15) is 6.61 Å². The minimum absolute atomic E-state index is 0.397. The predicted octanol–water partition coefficient (Wildman–Crippen LogP) is -0.543. The van der Waals surface area contributed by atoms with Gasteiger partial charge in [-0.3, -0.25) is 0 Å². The van der Waals surface area contributed by atoms with E-state index in [1.807, 2.05) is 0 Å². The topological polar surface area (TPSA) is 49.7 Å². The minimum Gasteiger partial charge on any atom is -0.471 e. The fourth-order valence-electron chi connectivity index (χ4n) is 0.154. The Balaban J connectivity index is 2.98. The zero-order valence-corrected chi connectivity index (χ0v) is 3.87. The molecule has 1 unspecified atom stereocenters. The van der Waals surface area contributed by atoms with Crippen LogP contribution in [0.3, 0.4) is 0 Å². The second-order valence-electron chi connectivity index (χ2n) is 0.940. The summed E-state index contributed by atoms with van der Waals surface area (Å²) < 4.78 is 4.26. The van der Waals surface area contributed by atoms with Gasteiger partial charge in [0.2, 0.25) is 6.29 Å². The zero-order chi connectivity index (χ0) is 5.70. The second kappa shape index (κ2) is 3.64. The van der Waals surface area contributed by atoms with Crippen molar-refractivity contribution in [2.75, 3.05) is 6.61 Å². The molecule has 0 rings (SSSR count). The van der Waals surface area contributed by atoms with Crippen LogP contribution in [0.4, 0.5) is 0 Å². The lowest BCUT2D eigenvalue weighted by molar-refractivity contribution is -0.0830. The van der Waals surface area contributed by atoms with Crippen molar-refractivity contribution in [3.8, 4) is 0 Å². The van der Waals surface area contributed by atoms with Crippen LogP contribution in [-0.2, 0) is 4.74 Å². The minimum atomic E-state index is -1.11. The van der Waals surface area contributed by atoms with Crippen LogP contribution >= 0.6 is 0 Å². The summed E-state index contributed by atoms with van der Waals surface area (Å²) in [5.41, 5.74) is 0. The molecule has 42 valence electrons. The Hall–Kier alpha value is -0.540. The quantitative estimate of drug-likeness (QED) is 0.373.